The van der Waals surface area contributed by atoms with Gasteiger partial charge in [-0.05, 0) is 50.4 Å². The van der Waals surface area contributed by atoms with E-state index in [0.29, 0.717) is 6.04 Å². The van der Waals surface area contributed by atoms with Crippen molar-refractivity contribution in [2.75, 3.05) is 6.54 Å². The van der Waals surface area contributed by atoms with Crippen molar-refractivity contribution in [3.8, 4) is 0 Å². The lowest BCUT2D eigenvalue weighted by molar-refractivity contribution is 0.523. The highest BCUT2D eigenvalue weighted by Crippen LogP contribution is 2.21. The topological polar surface area (TPSA) is 37.8 Å². The zero-order chi connectivity index (χ0) is 14.4. The Morgan fingerprint density at radius 2 is 1.85 bits per heavy atom. The second-order valence-corrected chi connectivity index (χ2v) is 5.22. The lowest BCUT2D eigenvalue weighted by atomic mass is 9.97. The molecule has 2 rings (SSSR count). The molecule has 0 spiro atoms. The van der Waals surface area contributed by atoms with Gasteiger partial charge in [0.2, 0.25) is 0 Å². The van der Waals surface area contributed by atoms with E-state index in [4.69, 9.17) is 0 Å². The van der Waals surface area contributed by atoms with E-state index < -0.39 is 0 Å². The van der Waals surface area contributed by atoms with E-state index >= 15 is 0 Å². The van der Waals surface area contributed by atoms with Gasteiger partial charge in [-0.25, -0.2) is 0 Å². The van der Waals surface area contributed by atoms with Crippen molar-refractivity contribution in [1.82, 2.24) is 15.5 Å². The molecule has 1 unspecified atom stereocenters. The Hall–Kier alpha value is -1.74. The van der Waals surface area contributed by atoms with Gasteiger partial charge >= 0.3 is 0 Å². The number of aryl methyl sites for hydroxylation is 2. The summed E-state index contributed by atoms with van der Waals surface area (Å²) in [6.07, 6.45) is 2.11. The van der Waals surface area contributed by atoms with E-state index in [2.05, 4.69) is 58.8 Å². The Morgan fingerprint density at radius 1 is 1.10 bits per heavy atom. The van der Waals surface area contributed by atoms with Crippen LogP contribution >= 0.6 is 0 Å². The number of rotatable bonds is 6. The molecule has 0 saturated carbocycles. The van der Waals surface area contributed by atoms with Crippen molar-refractivity contribution >= 4 is 0 Å². The summed E-state index contributed by atoms with van der Waals surface area (Å²) in [6.45, 7) is 7.23. The van der Waals surface area contributed by atoms with Crippen molar-refractivity contribution in [2.45, 2.75) is 39.7 Å². The highest BCUT2D eigenvalue weighted by Gasteiger charge is 2.15. The van der Waals surface area contributed by atoms with Crippen LogP contribution in [-0.2, 0) is 6.42 Å². The number of aromatic nitrogens is 2. The number of nitrogens with one attached hydrogen (secondary N) is 1. The first kappa shape index (κ1) is 14.7. The minimum atomic E-state index is 0.298. The molecule has 2 aromatic rings. The molecule has 0 bridgehead atoms. The summed E-state index contributed by atoms with van der Waals surface area (Å²) < 4.78 is 0. The van der Waals surface area contributed by atoms with Crippen molar-refractivity contribution in [3.05, 3.63) is 58.9 Å². The molecular formula is C17H23N3. The summed E-state index contributed by atoms with van der Waals surface area (Å²) in [7, 11) is 0. The molecule has 0 amide bonds. The number of benzene rings is 1. The van der Waals surface area contributed by atoms with Crippen LogP contribution in [0.15, 0.2) is 36.4 Å². The molecule has 0 aliphatic carbocycles. The van der Waals surface area contributed by atoms with Crippen LogP contribution in [0.4, 0.5) is 0 Å². The van der Waals surface area contributed by atoms with Gasteiger partial charge in [0.25, 0.3) is 0 Å². The molecule has 3 heteroatoms. The van der Waals surface area contributed by atoms with Crippen LogP contribution < -0.4 is 5.32 Å². The fourth-order valence-electron chi connectivity index (χ4n) is 2.38. The molecule has 0 radical (unpaired) electrons. The van der Waals surface area contributed by atoms with E-state index in [9.17, 15) is 0 Å². The van der Waals surface area contributed by atoms with Crippen molar-refractivity contribution in [2.24, 2.45) is 0 Å². The average molecular weight is 269 g/mol. The van der Waals surface area contributed by atoms with E-state index in [1.807, 2.05) is 13.8 Å². The zero-order valence-corrected chi connectivity index (χ0v) is 12.6. The number of hydrogen-bond acceptors (Lipinski definition) is 3. The third-order valence-corrected chi connectivity index (χ3v) is 3.44. The Kier molecular flexibility index (Phi) is 5.24. The normalized spacial score (nSPS) is 12.3. The van der Waals surface area contributed by atoms with E-state index in [0.717, 1.165) is 30.8 Å². The first-order valence-electron chi connectivity index (χ1n) is 7.29. The molecule has 0 saturated heterocycles. The molecule has 20 heavy (non-hydrogen) atoms. The average Bonchev–Trinajstić information content (AvgIpc) is 2.47. The molecule has 0 aliphatic heterocycles. The summed E-state index contributed by atoms with van der Waals surface area (Å²) >= 11 is 0. The molecule has 0 fully saturated rings. The highest BCUT2D eigenvalue weighted by molar-refractivity contribution is 5.27. The minimum Gasteiger partial charge on any atom is -0.310 e. The summed E-state index contributed by atoms with van der Waals surface area (Å²) in [5, 5.41) is 12.0. The van der Waals surface area contributed by atoms with E-state index in [1.165, 1.54) is 11.1 Å². The predicted octanol–water partition coefficient (Wildman–Crippen LogP) is 3.38. The minimum absolute atomic E-state index is 0.298. The molecule has 1 heterocycles. The SMILES string of the molecule is CCCNC(Cc1ccccc1)c1cc(C)nnc1C. The van der Waals surface area contributed by atoms with Gasteiger partial charge in [0, 0.05) is 6.04 Å². The van der Waals surface area contributed by atoms with Crippen LogP contribution in [0, 0.1) is 13.8 Å². The zero-order valence-electron chi connectivity index (χ0n) is 12.6. The second kappa shape index (κ2) is 7.15. The Morgan fingerprint density at radius 3 is 2.55 bits per heavy atom. The molecule has 3 nitrogen and oxygen atoms in total. The van der Waals surface area contributed by atoms with Gasteiger partial charge in [0.1, 0.15) is 0 Å². The van der Waals surface area contributed by atoms with Crippen LogP contribution in [0.25, 0.3) is 0 Å². The quantitative estimate of drug-likeness (QED) is 0.873. The van der Waals surface area contributed by atoms with Crippen LogP contribution in [0.5, 0.6) is 0 Å². The molecule has 1 aromatic heterocycles. The third kappa shape index (κ3) is 3.87. The van der Waals surface area contributed by atoms with E-state index in [-0.39, 0.29) is 0 Å². The molecule has 106 valence electrons. The van der Waals surface area contributed by atoms with E-state index in [1.54, 1.807) is 0 Å². The summed E-state index contributed by atoms with van der Waals surface area (Å²) in [4.78, 5) is 0. The Balaban J connectivity index is 2.24. The largest absolute Gasteiger partial charge is 0.310 e. The molecule has 1 N–H and O–H groups in total. The molecule has 1 aromatic carbocycles. The van der Waals surface area contributed by atoms with Gasteiger partial charge in [0.15, 0.2) is 0 Å². The van der Waals surface area contributed by atoms with Crippen LogP contribution in [0.1, 0.15) is 41.9 Å². The van der Waals surface area contributed by atoms with Gasteiger partial charge in [-0.15, -0.1) is 0 Å². The van der Waals surface area contributed by atoms with Crippen LogP contribution in [-0.4, -0.2) is 16.7 Å². The van der Waals surface area contributed by atoms with Crippen molar-refractivity contribution in [1.29, 1.82) is 0 Å². The maximum absolute atomic E-state index is 4.26. The van der Waals surface area contributed by atoms with Crippen molar-refractivity contribution in [3.63, 3.8) is 0 Å². The number of hydrogen-bond donors (Lipinski definition) is 1. The standard InChI is InChI=1S/C17H23N3/c1-4-10-18-17(12-15-8-6-5-7-9-15)16-11-13(2)19-20-14(16)3/h5-9,11,17-18H,4,10,12H2,1-3H3. The first-order chi connectivity index (χ1) is 9.70. The van der Waals surface area contributed by atoms with Gasteiger partial charge < -0.3 is 5.32 Å². The lowest BCUT2D eigenvalue weighted by Crippen LogP contribution is -2.25. The summed E-state index contributed by atoms with van der Waals surface area (Å²) in [5.74, 6) is 0. The van der Waals surface area contributed by atoms with Crippen molar-refractivity contribution < 1.29 is 0 Å². The van der Waals surface area contributed by atoms with Gasteiger partial charge in [0.05, 0.1) is 11.4 Å². The maximum Gasteiger partial charge on any atom is 0.0648 e. The summed E-state index contributed by atoms with van der Waals surface area (Å²) in [6, 6.07) is 13.0. The fourth-order valence-corrected chi connectivity index (χ4v) is 2.38. The van der Waals surface area contributed by atoms with Crippen LogP contribution in [0.3, 0.4) is 0 Å². The predicted molar refractivity (Wildman–Crippen MR) is 82.7 cm³/mol. The maximum atomic E-state index is 4.26. The Labute approximate surface area is 121 Å². The van der Waals surface area contributed by atoms with Gasteiger partial charge in [-0.3, -0.25) is 0 Å². The molecule has 0 aliphatic rings. The van der Waals surface area contributed by atoms with Gasteiger partial charge in [-0.1, -0.05) is 37.3 Å². The van der Waals surface area contributed by atoms with Gasteiger partial charge in [-0.2, -0.15) is 10.2 Å². The fraction of sp³-hybridized carbons (Fsp3) is 0.412. The third-order valence-electron chi connectivity index (χ3n) is 3.44. The summed E-state index contributed by atoms with van der Waals surface area (Å²) in [5.41, 5.74) is 4.59. The monoisotopic (exact) mass is 269 g/mol. The number of nitrogens with zero attached hydrogens (tertiary/aromatic N) is 2. The first-order valence-corrected chi connectivity index (χ1v) is 7.29. The smallest absolute Gasteiger partial charge is 0.0648 e. The molecule has 1 atom stereocenters. The Bertz CT molecular complexity index is 537. The highest BCUT2D eigenvalue weighted by atomic mass is 15.1. The lowest BCUT2D eigenvalue weighted by Gasteiger charge is -2.20. The molecular weight excluding hydrogens is 246 g/mol. The second-order valence-electron chi connectivity index (χ2n) is 5.22. The van der Waals surface area contributed by atoms with Crippen LogP contribution in [0.2, 0.25) is 0 Å².